The van der Waals surface area contributed by atoms with Crippen molar-refractivity contribution in [3.05, 3.63) is 88.5 Å². The Morgan fingerprint density at radius 2 is 1.33 bits per heavy atom. The zero-order chi connectivity index (χ0) is 21.6. The number of benzene rings is 3. The molecule has 0 radical (unpaired) electrons. The average molecular weight is 399 g/mol. The van der Waals surface area contributed by atoms with Gasteiger partial charge in [-0.15, -0.1) is 0 Å². The van der Waals surface area contributed by atoms with Gasteiger partial charge in [0.15, 0.2) is 17.3 Å². The summed E-state index contributed by atoms with van der Waals surface area (Å²) in [6, 6.07) is 18.4. The van der Waals surface area contributed by atoms with Gasteiger partial charge >= 0.3 is 0 Å². The first-order valence-corrected chi connectivity index (χ1v) is 9.99. The molecule has 0 amide bonds. The van der Waals surface area contributed by atoms with Crippen LogP contribution in [0.2, 0.25) is 0 Å². The topological polar surface area (TPSA) is 46.6 Å². The van der Waals surface area contributed by atoms with Gasteiger partial charge in [-0.05, 0) is 35.2 Å². The number of hydrogen-bond acceptors (Lipinski definition) is 4. The minimum Gasteiger partial charge on any atom is -0.454 e. The van der Waals surface area contributed by atoms with Crippen LogP contribution in [-0.2, 0) is 5.41 Å². The number of rotatable bonds is 3. The lowest BCUT2D eigenvalue weighted by Gasteiger charge is -2.25. The molecule has 0 saturated carbocycles. The maximum Gasteiger partial charge on any atom is 0.198 e. The zero-order valence-electron chi connectivity index (χ0n) is 17.9. The van der Waals surface area contributed by atoms with E-state index in [2.05, 4.69) is 20.8 Å². The molecular weight excluding hydrogens is 374 g/mol. The van der Waals surface area contributed by atoms with Gasteiger partial charge in [-0.3, -0.25) is 9.59 Å². The summed E-state index contributed by atoms with van der Waals surface area (Å²) in [5.74, 6) is 0.691. The summed E-state index contributed by atoms with van der Waals surface area (Å²) in [6.07, 6.45) is 0. The molecule has 0 aromatic heterocycles. The summed E-state index contributed by atoms with van der Waals surface area (Å²) >= 11 is 0. The van der Waals surface area contributed by atoms with Crippen molar-refractivity contribution < 1.29 is 14.3 Å². The summed E-state index contributed by atoms with van der Waals surface area (Å²) < 4.78 is 6.26. The lowest BCUT2D eigenvalue weighted by Crippen LogP contribution is -2.23. The standard InChI is InChI=1S/C26H25NO3/c1-26(2,3)16-10-12-17(13-11-16)30-25-21(27(4)5)15-14-20-22(25)24(29)19-9-7-6-8-18(19)23(20)28/h6-15H,1-5H3. The SMILES string of the molecule is CN(C)c1ccc2c(c1Oc1ccc(C(C)(C)C)cc1)C(=O)c1ccccc1C2=O. The molecule has 1 aliphatic rings. The smallest absolute Gasteiger partial charge is 0.198 e. The first kappa shape index (κ1) is 19.9. The molecule has 30 heavy (non-hydrogen) atoms. The molecule has 0 spiro atoms. The molecule has 0 unspecified atom stereocenters. The number of fused-ring (bicyclic) bond motifs is 2. The van der Waals surface area contributed by atoms with E-state index in [1.807, 2.05) is 49.3 Å². The second kappa shape index (κ2) is 7.13. The summed E-state index contributed by atoms with van der Waals surface area (Å²) in [5, 5.41) is 0. The Balaban J connectivity index is 1.85. The molecule has 0 heterocycles. The van der Waals surface area contributed by atoms with Crippen molar-refractivity contribution in [2.75, 3.05) is 19.0 Å². The van der Waals surface area contributed by atoms with Crippen molar-refractivity contribution in [1.29, 1.82) is 0 Å². The lowest BCUT2D eigenvalue weighted by molar-refractivity contribution is 0.0977. The Hall–Kier alpha value is -3.40. The third-order valence-electron chi connectivity index (χ3n) is 5.45. The molecule has 0 N–H and O–H groups in total. The van der Waals surface area contributed by atoms with E-state index < -0.39 is 0 Å². The monoisotopic (exact) mass is 399 g/mol. The van der Waals surface area contributed by atoms with Gasteiger partial charge < -0.3 is 9.64 Å². The summed E-state index contributed by atoms with van der Waals surface area (Å²) in [7, 11) is 3.78. The molecule has 3 aromatic carbocycles. The number of nitrogens with zero attached hydrogens (tertiary/aromatic N) is 1. The third kappa shape index (κ3) is 3.28. The molecule has 0 atom stereocenters. The van der Waals surface area contributed by atoms with Gasteiger partial charge in [0, 0.05) is 30.8 Å². The van der Waals surface area contributed by atoms with Crippen LogP contribution in [0, 0.1) is 0 Å². The van der Waals surface area contributed by atoms with E-state index in [0.717, 1.165) is 5.69 Å². The van der Waals surface area contributed by atoms with Crippen molar-refractivity contribution >= 4 is 17.3 Å². The Morgan fingerprint density at radius 3 is 1.90 bits per heavy atom. The van der Waals surface area contributed by atoms with Crippen LogP contribution in [0.5, 0.6) is 11.5 Å². The third-order valence-corrected chi connectivity index (χ3v) is 5.45. The number of anilines is 1. The average Bonchev–Trinajstić information content (AvgIpc) is 2.71. The van der Waals surface area contributed by atoms with Gasteiger partial charge in [0.25, 0.3) is 0 Å². The maximum atomic E-state index is 13.4. The molecule has 0 bridgehead atoms. The van der Waals surface area contributed by atoms with Crippen LogP contribution in [0.15, 0.2) is 60.7 Å². The van der Waals surface area contributed by atoms with Gasteiger partial charge in [0.1, 0.15) is 5.75 Å². The van der Waals surface area contributed by atoms with Crippen LogP contribution in [0.4, 0.5) is 5.69 Å². The minimum atomic E-state index is -0.190. The lowest BCUT2D eigenvalue weighted by atomic mass is 9.83. The second-order valence-corrected chi connectivity index (χ2v) is 8.81. The Kier molecular flexibility index (Phi) is 4.73. The number of carbonyl (C=O) groups excluding carboxylic acids is 2. The predicted octanol–water partition coefficient (Wildman–Crippen LogP) is 5.62. The molecule has 1 aliphatic carbocycles. The van der Waals surface area contributed by atoms with Crippen molar-refractivity contribution in [2.24, 2.45) is 0 Å². The quantitative estimate of drug-likeness (QED) is 0.449. The molecule has 4 rings (SSSR count). The van der Waals surface area contributed by atoms with Gasteiger partial charge in [0.05, 0.1) is 11.3 Å². The Labute approximate surface area is 177 Å². The fraction of sp³-hybridized carbons (Fsp3) is 0.231. The molecule has 152 valence electrons. The zero-order valence-corrected chi connectivity index (χ0v) is 17.9. The van der Waals surface area contributed by atoms with E-state index in [1.54, 1.807) is 30.3 Å². The van der Waals surface area contributed by atoms with Crippen molar-refractivity contribution in [2.45, 2.75) is 26.2 Å². The highest BCUT2D eigenvalue weighted by atomic mass is 16.5. The van der Waals surface area contributed by atoms with Crippen LogP contribution >= 0.6 is 0 Å². The van der Waals surface area contributed by atoms with Crippen LogP contribution in [0.25, 0.3) is 0 Å². The summed E-state index contributed by atoms with van der Waals surface area (Å²) in [4.78, 5) is 28.3. The van der Waals surface area contributed by atoms with Gasteiger partial charge in [-0.1, -0.05) is 57.2 Å². The fourth-order valence-corrected chi connectivity index (χ4v) is 3.74. The Morgan fingerprint density at radius 1 is 0.733 bits per heavy atom. The minimum absolute atomic E-state index is 0.0331. The number of ether oxygens (including phenoxy) is 1. The van der Waals surface area contributed by atoms with E-state index in [-0.39, 0.29) is 17.0 Å². The summed E-state index contributed by atoms with van der Waals surface area (Å²) in [5.41, 5.74) is 3.53. The van der Waals surface area contributed by atoms with E-state index in [0.29, 0.717) is 33.8 Å². The van der Waals surface area contributed by atoms with Crippen LogP contribution in [0.3, 0.4) is 0 Å². The van der Waals surface area contributed by atoms with Crippen LogP contribution < -0.4 is 9.64 Å². The predicted molar refractivity (Wildman–Crippen MR) is 119 cm³/mol. The Bertz CT molecular complexity index is 1150. The normalized spacial score (nSPS) is 13.0. The number of hydrogen-bond donors (Lipinski definition) is 0. The van der Waals surface area contributed by atoms with E-state index in [4.69, 9.17) is 4.74 Å². The molecule has 0 aliphatic heterocycles. The first-order chi connectivity index (χ1) is 14.2. The molecule has 3 aromatic rings. The molecule has 0 fully saturated rings. The molecule has 4 nitrogen and oxygen atoms in total. The highest BCUT2D eigenvalue weighted by molar-refractivity contribution is 6.29. The largest absolute Gasteiger partial charge is 0.454 e. The number of carbonyl (C=O) groups is 2. The maximum absolute atomic E-state index is 13.4. The first-order valence-electron chi connectivity index (χ1n) is 9.99. The number of ketones is 2. The fourth-order valence-electron chi connectivity index (χ4n) is 3.74. The van der Waals surface area contributed by atoms with Crippen LogP contribution in [0.1, 0.15) is 58.2 Å². The van der Waals surface area contributed by atoms with Gasteiger partial charge in [0.2, 0.25) is 0 Å². The van der Waals surface area contributed by atoms with Crippen molar-refractivity contribution in [1.82, 2.24) is 0 Å². The molecule has 0 saturated heterocycles. The van der Waals surface area contributed by atoms with E-state index in [9.17, 15) is 9.59 Å². The van der Waals surface area contributed by atoms with Crippen molar-refractivity contribution in [3.63, 3.8) is 0 Å². The van der Waals surface area contributed by atoms with Crippen LogP contribution in [-0.4, -0.2) is 25.7 Å². The highest BCUT2D eigenvalue weighted by Crippen LogP contribution is 2.41. The van der Waals surface area contributed by atoms with Gasteiger partial charge in [-0.25, -0.2) is 0 Å². The van der Waals surface area contributed by atoms with E-state index in [1.165, 1.54) is 5.56 Å². The molecule has 4 heteroatoms. The second-order valence-electron chi connectivity index (χ2n) is 8.81. The highest BCUT2D eigenvalue weighted by Gasteiger charge is 2.34. The van der Waals surface area contributed by atoms with E-state index >= 15 is 0 Å². The van der Waals surface area contributed by atoms with Crippen molar-refractivity contribution in [3.8, 4) is 11.5 Å². The van der Waals surface area contributed by atoms with Gasteiger partial charge in [-0.2, -0.15) is 0 Å². The summed E-state index contributed by atoms with van der Waals surface area (Å²) in [6.45, 7) is 6.47. The molecular formula is C26H25NO3.